The SMILES string of the molecule is CC[C@@H]1CC=CCN1. The molecule has 1 aliphatic heterocycles. The van der Waals surface area contributed by atoms with E-state index in [2.05, 4.69) is 24.4 Å². The van der Waals surface area contributed by atoms with Gasteiger partial charge in [0.2, 0.25) is 0 Å². The van der Waals surface area contributed by atoms with E-state index in [-0.39, 0.29) is 0 Å². The van der Waals surface area contributed by atoms with Gasteiger partial charge in [-0.1, -0.05) is 19.1 Å². The first-order chi connectivity index (χ1) is 3.93. The molecule has 1 heteroatoms. The fourth-order valence-electron chi connectivity index (χ4n) is 0.973. The molecule has 1 nitrogen and oxygen atoms in total. The van der Waals surface area contributed by atoms with Crippen LogP contribution >= 0.6 is 0 Å². The summed E-state index contributed by atoms with van der Waals surface area (Å²) in [7, 11) is 0. The maximum atomic E-state index is 3.38. The lowest BCUT2D eigenvalue weighted by Crippen LogP contribution is -2.30. The molecule has 46 valence electrons. The van der Waals surface area contributed by atoms with E-state index in [0.717, 1.165) is 12.6 Å². The third kappa shape index (κ3) is 1.34. The van der Waals surface area contributed by atoms with Crippen LogP contribution < -0.4 is 5.32 Å². The van der Waals surface area contributed by atoms with Crippen molar-refractivity contribution >= 4 is 0 Å². The molecule has 0 saturated carbocycles. The molecular weight excluding hydrogens is 98.1 g/mol. The van der Waals surface area contributed by atoms with Crippen molar-refractivity contribution in [2.45, 2.75) is 25.8 Å². The molecule has 0 amide bonds. The largest absolute Gasteiger partial charge is 0.310 e. The molecule has 0 bridgehead atoms. The lowest BCUT2D eigenvalue weighted by molar-refractivity contribution is 0.514. The summed E-state index contributed by atoms with van der Waals surface area (Å²) in [5, 5.41) is 3.38. The van der Waals surface area contributed by atoms with Crippen molar-refractivity contribution in [1.82, 2.24) is 5.32 Å². The minimum absolute atomic E-state index is 0.750. The molecule has 0 aliphatic carbocycles. The van der Waals surface area contributed by atoms with Gasteiger partial charge in [-0.3, -0.25) is 0 Å². The highest BCUT2D eigenvalue weighted by atomic mass is 14.9. The van der Waals surface area contributed by atoms with Crippen molar-refractivity contribution in [2.75, 3.05) is 6.54 Å². The van der Waals surface area contributed by atoms with Crippen molar-refractivity contribution in [1.29, 1.82) is 0 Å². The van der Waals surface area contributed by atoms with Crippen LogP contribution in [0, 0.1) is 0 Å². The Labute approximate surface area is 50.8 Å². The second-order valence-electron chi connectivity index (χ2n) is 2.22. The Morgan fingerprint density at radius 3 is 2.88 bits per heavy atom. The Bertz CT molecular complexity index is 86.4. The van der Waals surface area contributed by atoms with Gasteiger partial charge in [0.1, 0.15) is 0 Å². The summed E-state index contributed by atoms with van der Waals surface area (Å²) in [5.41, 5.74) is 0. The van der Waals surface area contributed by atoms with Gasteiger partial charge in [-0.05, 0) is 12.8 Å². The van der Waals surface area contributed by atoms with Crippen LogP contribution in [0.2, 0.25) is 0 Å². The summed E-state index contributed by atoms with van der Waals surface area (Å²) in [6.07, 6.45) is 6.91. The van der Waals surface area contributed by atoms with Crippen LogP contribution in [0.4, 0.5) is 0 Å². The van der Waals surface area contributed by atoms with Crippen LogP contribution in [0.1, 0.15) is 19.8 Å². The van der Waals surface area contributed by atoms with Gasteiger partial charge in [0.05, 0.1) is 0 Å². The zero-order valence-corrected chi connectivity index (χ0v) is 5.35. The van der Waals surface area contributed by atoms with E-state index in [1.807, 2.05) is 0 Å². The molecular formula is C7H13N. The third-order valence-electron chi connectivity index (χ3n) is 1.60. The molecule has 1 N–H and O–H groups in total. The zero-order valence-electron chi connectivity index (χ0n) is 5.35. The molecule has 0 fully saturated rings. The molecule has 0 aromatic rings. The van der Waals surface area contributed by atoms with Crippen molar-refractivity contribution in [3.63, 3.8) is 0 Å². The van der Waals surface area contributed by atoms with Crippen LogP contribution in [-0.2, 0) is 0 Å². The van der Waals surface area contributed by atoms with E-state index in [1.54, 1.807) is 0 Å². The van der Waals surface area contributed by atoms with E-state index in [4.69, 9.17) is 0 Å². The Kier molecular flexibility index (Phi) is 2.10. The summed E-state index contributed by atoms with van der Waals surface area (Å²) >= 11 is 0. The Morgan fingerprint density at radius 2 is 2.50 bits per heavy atom. The maximum Gasteiger partial charge on any atom is 0.0137 e. The van der Waals surface area contributed by atoms with Crippen LogP contribution in [-0.4, -0.2) is 12.6 Å². The van der Waals surface area contributed by atoms with E-state index < -0.39 is 0 Å². The fraction of sp³-hybridized carbons (Fsp3) is 0.714. The van der Waals surface area contributed by atoms with Crippen LogP contribution in [0.5, 0.6) is 0 Å². The highest BCUT2D eigenvalue weighted by Crippen LogP contribution is 2.01. The molecule has 1 atom stereocenters. The van der Waals surface area contributed by atoms with Crippen molar-refractivity contribution < 1.29 is 0 Å². The highest BCUT2D eigenvalue weighted by molar-refractivity contribution is 4.93. The summed E-state index contributed by atoms with van der Waals surface area (Å²) in [5.74, 6) is 0. The molecule has 0 aromatic heterocycles. The van der Waals surface area contributed by atoms with Gasteiger partial charge >= 0.3 is 0 Å². The first-order valence-corrected chi connectivity index (χ1v) is 3.32. The van der Waals surface area contributed by atoms with Gasteiger partial charge in [0.15, 0.2) is 0 Å². The molecule has 0 saturated heterocycles. The third-order valence-corrected chi connectivity index (χ3v) is 1.60. The minimum Gasteiger partial charge on any atom is -0.310 e. The molecule has 0 unspecified atom stereocenters. The van der Waals surface area contributed by atoms with E-state index >= 15 is 0 Å². The minimum atomic E-state index is 0.750. The summed E-state index contributed by atoms with van der Waals surface area (Å²) < 4.78 is 0. The molecule has 1 aliphatic rings. The Hall–Kier alpha value is -0.300. The Balaban J connectivity index is 2.27. The molecule has 0 aromatic carbocycles. The predicted octanol–water partition coefficient (Wildman–Crippen LogP) is 1.31. The number of nitrogens with one attached hydrogen (secondary N) is 1. The van der Waals surface area contributed by atoms with Gasteiger partial charge in [0, 0.05) is 12.6 Å². The van der Waals surface area contributed by atoms with Crippen LogP contribution in [0.3, 0.4) is 0 Å². The summed E-state index contributed by atoms with van der Waals surface area (Å²) in [6, 6.07) is 0.750. The van der Waals surface area contributed by atoms with E-state index in [0.29, 0.717) is 0 Å². The topological polar surface area (TPSA) is 12.0 Å². The van der Waals surface area contributed by atoms with Gasteiger partial charge in [-0.15, -0.1) is 0 Å². The highest BCUT2D eigenvalue weighted by Gasteiger charge is 2.03. The molecule has 1 heterocycles. The van der Waals surface area contributed by atoms with E-state index in [1.165, 1.54) is 12.8 Å². The first kappa shape index (κ1) is 5.83. The van der Waals surface area contributed by atoms with E-state index in [9.17, 15) is 0 Å². The molecule has 8 heavy (non-hydrogen) atoms. The zero-order chi connectivity index (χ0) is 5.82. The number of rotatable bonds is 1. The average Bonchev–Trinajstić information content (AvgIpc) is 1.90. The monoisotopic (exact) mass is 111 g/mol. The van der Waals surface area contributed by atoms with Gasteiger partial charge < -0.3 is 5.32 Å². The quantitative estimate of drug-likeness (QED) is 0.503. The Morgan fingerprint density at radius 1 is 1.62 bits per heavy atom. The first-order valence-electron chi connectivity index (χ1n) is 3.32. The second-order valence-corrected chi connectivity index (χ2v) is 2.22. The number of hydrogen-bond donors (Lipinski definition) is 1. The summed E-state index contributed by atoms with van der Waals surface area (Å²) in [6.45, 7) is 3.29. The van der Waals surface area contributed by atoms with Crippen molar-refractivity contribution in [3.8, 4) is 0 Å². The van der Waals surface area contributed by atoms with Crippen LogP contribution in [0.15, 0.2) is 12.2 Å². The lowest BCUT2D eigenvalue weighted by atomic mass is 10.1. The number of hydrogen-bond acceptors (Lipinski definition) is 1. The fourth-order valence-corrected chi connectivity index (χ4v) is 0.973. The summed E-state index contributed by atoms with van der Waals surface area (Å²) in [4.78, 5) is 0. The molecule has 0 radical (unpaired) electrons. The van der Waals surface area contributed by atoms with Crippen molar-refractivity contribution in [2.24, 2.45) is 0 Å². The van der Waals surface area contributed by atoms with Crippen molar-refractivity contribution in [3.05, 3.63) is 12.2 Å². The maximum absolute atomic E-state index is 3.38. The standard InChI is InChI=1S/C7H13N/c1-2-7-5-3-4-6-8-7/h3-4,7-8H,2,5-6H2,1H3/t7-/m1/s1. The lowest BCUT2D eigenvalue weighted by Gasteiger charge is -2.16. The van der Waals surface area contributed by atoms with Gasteiger partial charge in [-0.2, -0.15) is 0 Å². The average molecular weight is 111 g/mol. The normalized spacial score (nSPS) is 28.4. The molecule has 0 spiro atoms. The molecule has 1 rings (SSSR count). The second kappa shape index (κ2) is 2.88. The van der Waals surface area contributed by atoms with Crippen LogP contribution in [0.25, 0.3) is 0 Å². The smallest absolute Gasteiger partial charge is 0.0137 e. The predicted molar refractivity (Wildman–Crippen MR) is 35.8 cm³/mol. The van der Waals surface area contributed by atoms with Gasteiger partial charge in [0.25, 0.3) is 0 Å². The van der Waals surface area contributed by atoms with Gasteiger partial charge in [-0.25, -0.2) is 0 Å².